The van der Waals surface area contributed by atoms with Gasteiger partial charge in [-0.05, 0) is 76.7 Å². The van der Waals surface area contributed by atoms with Crippen LogP contribution in [0.5, 0.6) is 0 Å². The Balaban J connectivity index is 1.59. The number of benzene rings is 1. The van der Waals surface area contributed by atoms with Crippen molar-refractivity contribution >= 4 is 23.7 Å². The molecule has 1 saturated heterocycles. The normalized spacial score (nSPS) is 21.6. The Morgan fingerprint density at radius 1 is 0.956 bits per heavy atom. The van der Waals surface area contributed by atoms with Gasteiger partial charge in [-0.15, -0.1) is 0 Å². The van der Waals surface area contributed by atoms with Gasteiger partial charge in [-0.1, -0.05) is 56.0 Å². The molecule has 252 valence electrons. The first-order valence-electron chi connectivity index (χ1n) is 17.0. The lowest BCUT2D eigenvalue weighted by Gasteiger charge is -2.47. The second kappa shape index (κ2) is 18.2. The number of ether oxygens (including phenoxy) is 1. The molecule has 1 aromatic rings. The third-order valence-electron chi connectivity index (χ3n) is 9.00. The maximum Gasteiger partial charge on any atom is 0.306 e. The molecule has 45 heavy (non-hydrogen) atoms. The van der Waals surface area contributed by atoms with Crippen LogP contribution in [0.25, 0.3) is 0 Å². The van der Waals surface area contributed by atoms with Gasteiger partial charge >= 0.3 is 5.97 Å². The monoisotopic (exact) mass is 627 g/mol. The van der Waals surface area contributed by atoms with Crippen LogP contribution in [0, 0.1) is 11.8 Å². The molecule has 2 fully saturated rings. The van der Waals surface area contributed by atoms with Gasteiger partial charge in [0.25, 0.3) is 0 Å². The second-order valence-corrected chi connectivity index (χ2v) is 14.1. The number of carbonyl (C=O) groups is 4. The highest BCUT2D eigenvalue weighted by Crippen LogP contribution is 2.39. The fourth-order valence-corrected chi connectivity index (χ4v) is 6.67. The van der Waals surface area contributed by atoms with Gasteiger partial charge in [-0.3, -0.25) is 24.1 Å². The number of nitrogens with two attached hydrogens (primary N) is 2. The number of rotatable bonds is 17. The third-order valence-corrected chi connectivity index (χ3v) is 9.00. The molecule has 10 heteroatoms. The summed E-state index contributed by atoms with van der Waals surface area (Å²) in [7, 11) is 0. The Hall–Kier alpha value is -2.98. The summed E-state index contributed by atoms with van der Waals surface area (Å²) in [5, 5.41) is 6.04. The first-order chi connectivity index (χ1) is 21.4. The zero-order chi connectivity index (χ0) is 32.8. The highest BCUT2D eigenvalue weighted by Gasteiger charge is 2.42. The minimum Gasteiger partial charge on any atom is -0.459 e. The fraction of sp³-hybridized carbons (Fsp3) is 0.714. The van der Waals surface area contributed by atoms with E-state index in [2.05, 4.69) is 15.5 Å². The van der Waals surface area contributed by atoms with E-state index in [4.69, 9.17) is 16.2 Å². The summed E-state index contributed by atoms with van der Waals surface area (Å²) in [5.41, 5.74) is 12.6. The van der Waals surface area contributed by atoms with E-state index in [1.807, 2.05) is 51.1 Å². The molecular weight excluding hydrogens is 570 g/mol. The average Bonchev–Trinajstić information content (AvgIpc) is 2.97. The van der Waals surface area contributed by atoms with Crippen LogP contribution in [0.4, 0.5) is 0 Å². The van der Waals surface area contributed by atoms with Crippen molar-refractivity contribution in [1.29, 1.82) is 0 Å². The van der Waals surface area contributed by atoms with Crippen LogP contribution in [0.2, 0.25) is 0 Å². The summed E-state index contributed by atoms with van der Waals surface area (Å²) < 4.78 is 6.12. The number of hydrogen-bond acceptors (Lipinski definition) is 7. The van der Waals surface area contributed by atoms with E-state index in [-0.39, 0.29) is 48.6 Å². The van der Waals surface area contributed by atoms with E-state index in [0.717, 1.165) is 31.4 Å². The molecule has 1 saturated carbocycles. The maximum absolute atomic E-state index is 13.6. The lowest BCUT2D eigenvalue weighted by Crippen LogP contribution is -2.60. The molecule has 10 nitrogen and oxygen atoms in total. The van der Waals surface area contributed by atoms with Crippen molar-refractivity contribution in [3.8, 4) is 0 Å². The number of piperidine rings is 1. The molecule has 0 unspecified atom stereocenters. The molecule has 3 rings (SSSR count). The largest absolute Gasteiger partial charge is 0.459 e. The van der Waals surface area contributed by atoms with Crippen LogP contribution in [-0.4, -0.2) is 72.0 Å². The zero-order valence-corrected chi connectivity index (χ0v) is 27.7. The number of nitrogens with one attached hydrogen (secondary N) is 2. The van der Waals surface area contributed by atoms with Gasteiger partial charge in [0.2, 0.25) is 17.7 Å². The van der Waals surface area contributed by atoms with E-state index >= 15 is 0 Å². The Morgan fingerprint density at radius 3 is 2.36 bits per heavy atom. The van der Waals surface area contributed by atoms with Gasteiger partial charge in [-0.25, -0.2) is 0 Å². The summed E-state index contributed by atoms with van der Waals surface area (Å²) in [6.45, 7) is 7.76. The van der Waals surface area contributed by atoms with Crippen LogP contribution in [0.15, 0.2) is 30.3 Å². The number of fused-ring (bicyclic) bond motifs is 1. The van der Waals surface area contributed by atoms with Crippen molar-refractivity contribution in [2.45, 2.75) is 128 Å². The van der Waals surface area contributed by atoms with E-state index in [1.54, 1.807) is 0 Å². The summed E-state index contributed by atoms with van der Waals surface area (Å²) in [6, 6.07) is 9.29. The van der Waals surface area contributed by atoms with Crippen molar-refractivity contribution in [1.82, 2.24) is 15.5 Å². The molecule has 2 aliphatic rings. The highest BCUT2D eigenvalue weighted by atomic mass is 16.5. The van der Waals surface area contributed by atoms with Crippen LogP contribution in [0.1, 0.15) is 103 Å². The molecule has 5 atom stereocenters. The molecule has 6 N–H and O–H groups in total. The van der Waals surface area contributed by atoms with E-state index in [1.165, 1.54) is 25.7 Å². The summed E-state index contributed by atoms with van der Waals surface area (Å²) in [6.07, 6.45) is 8.95. The van der Waals surface area contributed by atoms with E-state index in [9.17, 15) is 19.2 Å². The summed E-state index contributed by atoms with van der Waals surface area (Å²) in [5.74, 6) is 0.332. The number of likely N-dealkylation sites (tertiary alicyclic amines) is 1. The maximum atomic E-state index is 13.6. The van der Waals surface area contributed by atoms with Crippen LogP contribution >= 0.6 is 0 Å². The predicted molar refractivity (Wildman–Crippen MR) is 176 cm³/mol. The lowest BCUT2D eigenvalue weighted by molar-refractivity contribution is -0.153. The topological polar surface area (TPSA) is 157 Å². The minimum atomic E-state index is -0.553. The molecule has 3 amide bonds. The van der Waals surface area contributed by atoms with Crippen LogP contribution < -0.4 is 22.1 Å². The Bertz CT molecular complexity index is 1090. The Kier molecular flexibility index (Phi) is 14.8. The minimum absolute atomic E-state index is 0.0354. The van der Waals surface area contributed by atoms with E-state index < -0.39 is 18.1 Å². The molecule has 0 bridgehead atoms. The number of nitrogens with zero attached hydrogens (tertiary/aromatic N) is 1. The molecule has 1 aliphatic heterocycles. The summed E-state index contributed by atoms with van der Waals surface area (Å²) >= 11 is 0. The number of hydrogen-bond donors (Lipinski definition) is 4. The number of carbonyl (C=O) groups excluding carboxylic acids is 4. The number of unbranched alkanes of at least 4 members (excludes halogenated alkanes) is 2. The van der Waals surface area contributed by atoms with Gasteiger partial charge in [-0.2, -0.15) is 0 Å². The van der Waals surface area contributed by atoms with Gasteiger partial charge in [0, 0.05) is 50.5 Å². The smallest absolute Gasteiger partial charge is 0.306 e. The Morgan fingerprint density at radius 2 is 1.67 bits per heavy atom. The van der Waals surface area contributed by atoms with Crippen molar-refractivity contribution in [2.75, 3.05) is 19.6 Å². The molecule has 1 heterocycles. The lowest BCUT2D eigenvalue weighted by atomic mass is 9.72. The molecule has 0 radical (unpaired) electrons. The van der Waals surface area contributed by atoms with Crippen molar-refractivity contribution in [3.05, 3.63) is 35.9 Å². The van der Waals surface area contributed by atoms with Gasteiger partial charge in [0.15, 0.2) is 0 Å². The standard InChI is InChI=1S/C35H57N5O5/c1-35(2,3)39-34(44)29-22-26-15-9-10-16-27(26)23-40(29)24-30(28(36)21-25-13-6-4-7-14-25)45-33(43)19-8-5-11-20-38-32(42)18-12-17-31(37)41/h4,6-7,13-14,26-30H,5,8-12,15-24,36H2,1-3H3,(H2,37,41)(H,38,42)(H,39,44)/t26-,27+,28-,29-,30+/m0/s1. The summed E-state index contributed by atoms with van der Waals surface area (Å²) in [4.78, 5) is 51.6. The van der Waals surface area contributed by atoms with Crippen molar-refractivity contribution in [3.63, 3.8) is 0 Å². The van der Waals surface area contributed by atoms with Crippen LogP contribution in [-0.2, 0) is 30.3 Å². The SMILES string of the molecule is CC(C)(C)NC(=O)[C@@H]1C[C@@H]2CCCC[C@@H]2CN1C[C@@H](OC(=O)CCCCCNC(=O)CCCC(N)=O)[C@@H](N)Cc1ccccc1. The average molecular weight is 628 g/mol. The van der Waals surface area contributed by atoms with E-state index in [0.29, 0.717) is 44.2 Å². The van der Waals surface area contributed by atoms with Crippen molar-refractivity contribution in [2.24, 2.45) is 23.3 Å². The number of amides is 3. The third kappa shape index (κ3) is 13.5. The molecule has 0 aromatic heterocycles. The number of esters is 1. The van der Waals surface area contributed by atoms with Gasteiger partial charge in [0.05, 0.1) is 6.04 Å². The zero-order valence-electron chi connectivity index (χ0n) is 27.7. The molecule has 1 aliphatic carbocycles. The van der Waals surface area contributed by atoms with Gasteiger partial charge < -0.3 is 26.8 Å². The number of primary amides is 1. The van der Waals surface area contributed by atoms with Gasteiger partial charge in [0.1, 0.15) is 6.10 Å². The first-order valence-corrected chi connectivity index (χ1v) is 17.0. The predicted octanol–water partition coefficient (Wildman–Crippen LogP) is 3.60. The second-order valence-electron chi connectivity index (χ2n) is 14.1. The molecule has 0 spiro atoms. The Labute approximate surface area is 269 Å². The quantitative estimate of drug-likeness (QED) is 0.152. The van der Waals surface area contributed by atoms with Crippen molar-refractivity contribution < 1.29 is 23.9 Å². The molecule has 1 aromatic carbocycles. The first kappa shape index (κ1) is 36.5. The highest BCUT2D eigenvalue weighted by molar-refractivity contribution is 5.82. The van der Waals surface area contributed by atoms with Crippen LogP contribution in [0.3, 0.4) is 0 Å². The fourth-order valence-electron chi connectivity index (χ4n) is 6.67. The molecular formula is C35H57N5O5.